The Morgan fingerprint density at radius 1 is 1.08 bits per heavy atom. The van der Waals surface area contributed by atoms with Gasteiger partial charge < -0.3 is 24.5 Å². The largest absolute Gasteiger partial charge is 1.00 e. The van der Waals surface area contributed by atoms with Crippen molar-refractivity contribution in [2.45, 2.75) is 39.2 Å². The summed E-state index contributed by atoms with van der Waals surface area (Å²) in [6.07, 6.45) is -2.46. The summed E-state index contributed by atoms with van der Waals surface area (Å²) in [5, 5.41) is 20.4. The van der Waals surface area contributed by atoms with Gasteiger partial charge in [-0.05, 0) is 60.3 Å². The topological polar surface area (TPSA) is 113 Å². The van der Waals surface area contributed by atoms with Crippen molar-refractivity contribution in [1.82, 2.24) is 4.98 Å². The van der Waals surface area contributed by atoms with E-state index in [9.17, 15) is 28.9 Å². The minimum Gasteiger partial charge on any atom is -0.799 e. The molecular weight excluding hydrogens is 502 g/mol. The average molecular weight is 529 g/mol. The van der Waals surface area contributed by atoms with Gasteiger partial charge in [0.15, 0.2) is 0 Å². The number of carboxylic acids is 1. The summed E-state index contributed by atoms with van der Waals surface area (Å²) in [7, 11) is -4.08. The third-order valence-corrected chi connectivity index (χ3v) is 7.62. The van der Waals surface area contributed by atoms with E-state index < -0.39 is 32.0 Å². The second-order valence-electron chi connectivity index (χ2n) is 8.31. The van der Waals surface area contributed by atoms with E-state index in [1.807, 2.05) is 44.2 Å². The smallest absolute Gasteiger partial charge is 0.799 e. The van der Waals surface area contributed by atoms with Gasteiger partial charge in [-0.3, -0.25) is 4.98 Å². The van der Waals surface area contributed by atoms with Crippen molar-refractivity contribution >= 4 is 13.3 Å². The standard InChI is InChI=1S/C26H29FNO5P.2Na/c1-3-23-22(13-14-34(32,33)16-21(29)15-24(30)31)25(18-9-11-20(27)12-10-18)17(2)26(28-23)19-7-5-4-6-8-19;;/h4-12,21,29H,3,13-16H2,1-2H3,(H,30,31)(H,32,33);;/q;2*+1/p-2/t21-;;/m1../s1. The van der Waals surface area contributed by atoms with E-state index in [-0.39, 0.29) is 77.5 Å². The number of benzene rings is 2. The molecule has 2 aromatic carbocycles. The molecule has 0 bridgehead atoms. The number of rotatable bonds is 10. The fourth-order valence-electron chi connectivity index (χ4n) is 4.17. The Kier molecular flexibility index (Phi) is 13.7. The predicted molar refractivity (Wildman–Crippen MR) is 126 cm³/mol. The molecule has 0 fully saturated rings. The van der Waals surface area contributed by atoms with Crippen LogP contribution in [0.2, 0.25) is 0 Å². The van der Waals surface area contributed by atoms with Crippen LogP contribution in [0.5, 0.6) is 0 Å². The monoisotopic (exact) mass is 529 g/mol. The summed E-state index contributed by atoms with van der Waals surface area (Å²) < 4.78 is 26.3. The summed E-state index contributed by atoms with van der Waals surface area (Å²) in [4.78, 5) is 28.2. The van der Waals surface area contributed by atoms with Crippen molar-refractivity contribution in [2.24, 2.45) is 0 Å². The SMILES string of the molecule is CCc1nc(-c2ccccc2)c(C)c(-c2ccc(F)cc2)c1CCP(=O)([O-])C[C@H](O)CC(=O)[O-].[Na+].[Na+]. The molecule has 0 spiro atoms. The first-order chi connectivity index (χ1) is 16.1. The third kappa shape index (κ3) is 8.87. The first-order valence-corrected chi connectivity index (χ1v) is 13.1. The number of hydrogen-bond donors (Lipinski definition) is 1. The number of carboxylic acid groups (broad SMARTS) is 1. The van der Waals surface area contributed by atoms with Crippen LogP contribution in [0.1, 0.15) is 30.2 Å². The Morgan fingerprint density at radius 3 is 2.25 bits per heavy atom. The van der Waals surface area contributed by atoms with Crippen molar-refractivity contribution < 1.29 is 88.0 Å². The molecule has 0 saturated heterocycles. The molecule has 0 aliphatic rings. The number of hydrogen-bond acceptors (Lipinski definition) is 6. The van der Waals surface area contributed by atoms with Crippen LogP contribution in [0.3, 0.4) is 0 Å². The molecule has 3 aromatic rings. The average Bonchev–Trinajstić information content (AvgIpc) is 2.78. The van der Waals surface area contributed by atoms with E-state index >= 15 is 0 Å². The number of halogens is 1. The van der Waals surface area contributed by atoms with Gasteiger partial charge in [0.05, 0.1) is 11.8 Å². The first-order valence-electron chi connectivity index (χ1n) is 11.1. The van der Waals surface area contributed by atoms with Crippen molar-refractivity contribution in [3.8, 4) is 22.4 Å². The minimum atomic E-state index is -4.08. The summed E-state index contributed by atoms with van der Waals surface area (Å²) >= 11 is 0. The summed E-state index contributed by atoms with van der Waals surface area (Å²) in [6.45, 7) is 3.85. The molecule has 1 N–H and O–H groups in total. The molecule has 0 radical (unpaired) electrons. The van der Waals surface area contributed by atoms with Gasteiger partial charge in [-0.15, -0.1) is 0 Å². The fraction of sp³-hybridized carbons (Fsp3) is 0.308. The number of nitrogens with zero attached hydrogens (tertiary/aromatic N) is 1. The summed E-state index contributed by atoms with van der Waals surface area (Å²) in [5.41, 5.74) is 5.58. The van der Waals surface area contributed by atoms with Gasteiger partial charge in [-0.25, -0.2) is 4.39 Å². The zero-order valence-corrected chi connectivity index (χ0v) is 26.1. The van der Waals surface area contributed by atoms with Crippen molar-refractivity contribution in [2.75, 3.05) is 12.3 Å². The third-order valence-electron chi connectivity index (χ3n) is 5.74. The van der Waals surface area contributed by atoms with E-state index in [1.165, 1.54) is 12.1 Å². The number of aliphatic hydroxyl groups excluding tert-OH is 1. The normalized spacial score (nSPS) is 13.1. The van der Waals surface area contributed by atoms with Crippen LogP contribution < -0.4 is 69.1 Å². The molecule has 0 saturated carbocycles. The van der Waals surface area contributed by atoms with E-state index in [0.29, 0.717) is 6.42 Å². The zero-order valence-electron chi connectivity index (χ0n) is 21.2. The van der Waals surface area contributed by atoms with Crippen LogP contribution >= 0.6 is 7.37 Å². The van der Waals surface area contributed by atoms with Gasteiger partial charge in [-0.1, -0.05) is 49.4 Å². The van der Waals surface area contributed by atoms with E-state index in [1.54, 1.807) is 12.1 Å². The number of aliphatic carboxylic acids is 1. The van der Waals surface area contributed by atoms with Crippen LogP contribution in [0, 0.1) is 12.7 Å². The van der Waals surface area contributed by atoms with Gasteiger partial charge in [0.25, 0.3) is 0 Å². The van der Waals surface area contributed by atoms with Crippen molar-refractivity contribution in [1.29, 1.82) is 0 Å². The molecule has 3 rings (SSSR count). The molecule has 2 atom stereocenters. The summed E-state index contributed by atoms with van der Waals surface area (Å²) in [6, 6.07) is 15.7. The maximum atomic E-state index is 13.6. The maximum Gasteiger partial charge on any atom is 1.00 e. The molecular formula is C26H27FNNa2O5P. The molecule has 0 aliphatic heterocycles. The van der Waals surface area contributed by atoms with Crippen LogP contribution in [0.4, 0.5) is 4.39 Å². The number of aryl methyl sites for hydroxylation is 1. The molecule has 1 heterocycles. The van der Waals surface area contributed by atoms with Gasteiger partial charge in [0.2, 0.25) is 0 Å². The number of aromatic nitrogens is 1. The van der Waals surface area contributed by atoms with Gasteiger partial charge in [-0.2, -0.15) is 0 Å². The Hall–Kier alpha value is -0.860. The van der Waals surface area contributed by atoms with Gasteiger partial charge in [0, 0.05) is 37.2 Å². The molecule has 0 aliphatic carbocycles. The Morgan fingerprint density at radius 2 is 1.69 bits per heavy atom. The fourth-order valence-corrected chi connectivity index (χ4v) is 5.69. The minimum absolute atomic E-state index is 0. The number of pyridine rings is 1. The molecule has 10 heteroatoms. The maximum absolute atomic E-state index is 13.6. The van der Waals surface area contributed by atoms with Crippen LogP contribution in [-0.4, -0.2) is 34.5 Å². The zero-order chi connectivity index (χ0) is 24.9. The number of aliphatic hydroxyl groups is 1. The molecule has 36 heavy (non-hydrogen) atoms. The quantitative estimate of drug-likeness (QED) is 0.223. The van der Waals surface area contributed by atoms with E-state index in [0.717, 1.165) is 39.2 Å². The van der Waals surface area contributed by atoms with Gasteiger partial charge >= 0.3 is 59.1 Å². The number of carbonyl (C=O) groups excluding carboxylic acids is 1. The molecule has 180 valence electrons. The van der Waals surface area contributed by atoms with Crippen LogP contribution in [0.15, 0.2) is 54.6 Å². The van der Waals surface area contributed by atoms with Crippen molar-refractivity contribution in [3.63, 3.8) is 0 Å². The van der Waals surface area contributed by atoms with E-state index in [2.05, 4.69) is 0 Å². The molecule has 1 aromatic heterocycles. The Labute approximate surface area is 255 Å². The second kappa shape index (κ2) is 14.9. The predicted octanol–water partition coefficient (Wildman–Crippen LogP) is -2.88. The second-order valence-corrected chi connectivity index (χ2v) is 10.8. The number of carbonyl (C=O) groups is 1. The van der Waals surface area contributed by atoms with Gasteiger partial charge in [0.1, 0.15) is 5.82 Å². The Bertz CT molecular complexity index is 1210. The van der Waals surface area contributed by atoms with Crippen LogP contribution in [-0.2, 0) is 22.2 Å². The Balaban J connectivity index is 0.00000324. The van der Waals surface area contributed by atoms with Crippen LogP contribution in [0.25, 0.3) is 22.4 Å². The molecule has 1 unspecified atom stereocenters. The van der Waals surface area contributed by atoms with Crippen molar-refractivity contribution in [3.05, 3.63) is 77.2 Å². The summed E-state index contributed by atoms with van der Waals surface area (Å²) in [5.74, 6) is -1.88. The molecule has 6 nitrogen and oxygen atoms in total. The first kappa shape index (κ1) is 33.2. The molecule has 0 amide bonds. The van der Waals surface area contributed by atoms with E-state index in [4.69, 9.17) is 4.98 Å².